The van der Waals surface area contributed by atoms with Gasteiger partial charge in [-0.1, -0.05) is 0 Å². The number of piperidine rings is 1. The van der Waals surface area contributed by atoms with Gasteiger partial charge in [-0.05, 0) is 51.6 Å². The number of likely N-dealkylation sites (tertiary alicyclic amines) is 1. The first-order valence-corrected chi connectivity index (χ1v) is 9.96. The molecule has 2 saturated carbocycles. The highest BCUT2D eigenvalue weighted by molar-refractivity contribution is 5.73. The Morgan fingerprint density at radius 3 is 2.42 bits per heavy atom. The first-order chi connectivity index (χ1) is 12.4. The molecule has 7 nitrogen and oxygen atoms in total. The number of rotatable bonds is 5. The molecule has 2 aliphatic carbocycles. The Balaban J connectivity index is 1.36. The molecule has 4 rings (SSSR count). The molecule has 144 valence electrons. The minimum absolute atomic E-state index is 0.0582. The van der Waals surface area contributed by atoms with Crippen LogP contribution in [0.3, 0.4) is 0 Å². The Morgan fingerprint density at radius 2 is 1.85 bits per heavy atom. The zero-order valence-electron chi connectivity index (χ0n) is 16.5. The summed E-state index contributed by atoms with van der Waals surface area (Å²) in [6.07, 6.45) is 4.68. The van der Waals surface area contributed by atoms with Crippen LogP contribution >= 0.6 is 0 Å². The standard InChI is InChI=1S/C19H32N6O/c1-12(26)20-16-7-15(8-16)19-22-21-17(24(19)4)11-25-9-13-5-6-14(10-25)18(13)23(2)3/h13-16,18H,5-11H2,1-4H3,(H,20,26)/t13-,14+,15?,16?,18?. The molecule has 1 aliphatic heterocycles. The molecule has 1 unspecified atom stereocenters. The van der Waals surface area contributed by atoms with Crippen LogP contribution in [0.25, 0.3) is 0 Å². The lowest BCUT2D eigenvalue weighted by Gasteiger charge is -2.41. The van der Waals surface area contributed by atoms with E-state index in [0.29, 0.717) is 12.0 Å². The third kappa shape index (κ3) is 3.27. The molecule has 2 bridgehead atoms. The van der Waals surface area contributed by atoms with Crippen LogP contribution in [0.2, 0.25) is 0 Å². The van der Waals surface area contributed by atoms with E-state index in [0.717, 1.165) is 48.9 Å². The van der Waals surface area contributed by atoms with E-state index in [1.807, 2.05) is 0 Å². The van der Waals surface area contributed by atoms with Crippen LogP contribution < -0.4 is 5.32 Å². The quantitative estimate of drug-likeness (QED) is 0.848. The molecule has 1 amide bonds. The molecule has 3 aliphatic rings. The average Bonchev–Trinajstić information content (AvgIpc) is 3.01. The molecule has 3 fully saturated rings. The number of hydrogen-bond donors (Lipinski definition) is 1. The number of carbonyl (C=O) groups excluding carboxylic acids is 1. The van der Waals surface area contributed by atoms with E-state index in [1.165, 1.54) is 25.9 Å². The van der Waals surface area contributed by atoms with E-state index >= 15 is 0 Å². The van der Waals surface area contributed by atoms with E-state index in [2.05, 4.69) is 51.0 Å². The van der Waals surface area contributed by atoms with Crippen molar-refractivity contribution in [3.63, 3.8) is 0 Å². The molecular formula is C19H32N6O. The molecule has 0 spiro atoms. The predicted molar refractivity (Wildman–Crippen MR) is 99.5 cm³/mol. The summed E-state index contributed by atoms with van der Waals surface area (Å²) in [4.78, 5) is 16.2. The number of nitrogens with zero attached hydrogens (tertiary/aromatic N) is 5. The van der Waals surface area contributed by atoms with Crippen LogP contribution in [0.15, 0.2) is 0 Å². The van der Waals surface area contributed by atoms with Crippen molar-refractivity contribution in [2.24, 2.45) is 18.9 Å². The molecule has 7 heteroatoms. The van der Waals surface area contributed by atoms with Gasteiger partial charge in [0.15, 0.2) is 0 Å². The lowest BCUT2D eigenvalue weighted by atomic mass is 9.79. The summed E-state index contributed by atoms with van der Waals surface area (Å²) in [6, 6.07) is 1.06. The van der Waals surface area contributed by atoms with Gasteiger partial charge in [0.1, 0.15) is 11.6 Å². The van der Waals surface area contributed by atoms with Crippen LogP contribution in [0, 0.1) is 11.8 Å². The molecule has 1 saturated heterocycles. The molecule has 0 radical (unpaired) electrons. The van der Waals surface area contributed by atoms with Crippen molar-refractivity contribution < 1.29 is 4.79 Å². The lowest BCUT2D eigenvalue weighted by molar-refractivity contribution is -0.120. The van der Waals surface area contributed by atoms with E-state index in [4.69, 9.17) is 0 Å². The van der Waals surface area contributed by atoms with Crippen LogP contribution in [0.5, 0.6) is 0 Å². The lowest BCUT2D eigenvalue weighted by Crippen LogP contribution is -2.50. The summed E-state index contributed by atoms with van der Waals surface area (Å²) < 4.78 is 2.19. The molecule has 2 heterocycles. The van der Waals surface area contributed by atoms with E-state index in [-0.39, 0.29) is 5.91 Å². The Labute approximate surface area is 156 Å². The highest BCUT2D eigenvalue weighted by Crippen LogP contribution is 2.40. The van der Waals surface area contributed by atoms with Gasteiger partial charge >= 0.3 is 0 Å². The minimum atomic E-state index is 0.0582. The normalized spacial score (nSPS) is 34.1. The smallest absolute Gasteiger partial charge is 0.217 e. The van der Waals surface area contributed by atoms with Gasteiger partial charge in [0, 0.05) is 45.1 Å². The van der Waals surface area contributed by atoms with Crippen molar-refractivity contribution in [2.45, 2.75) is 57.2 Å². The zero-order chi connectivity index (χ0) is 18.4. The SMILES string of the molecule is CC(=O)NC1CC(c2nnc(CN3C[C@H]4CC[C@@H](C3)C4N(C)C)n2C)C1. The molecule has 26 heavy (non-hydrogen) atoms. The molecule has 1 aromatic heterocycles. The second-order valence-electron chi connectivity index (χ2n) is 8.85. The Morgan fingerprint density at radius 1 is 1.19 bits per heavy atom. The fraction of sp³-hybridized carbons (Fsp3) is 0.842. The number of aromatic nitrogens is 3. The van der Waals surface area contributed by atoms with Crippen molar-refractivity contribution in [2.75, 3.05) is 27.2 Å². The summed E-state index contributed by atoms with van der Waals surface area (Å²) in [6.45, 7) is 4.84. The highest BCUT2D eigenvalue weighted by Gasteiger charge is 2.43. The van der Waals surface area contributed by atoms with E-state index < -0.39 is 0 Å². The fourth-order valence-corrected chi connectivity index (χ4v) is 5.57. The number of fused-ring (bicyclic) bond motifs is 2. The predicted octanol–water partition coefficient (Wildman–Crippen LogP) is 0.969. The maximum Gasteiger partial charge on any atom is 0.217 e. The highest BCUT2D eigenvalue weighted by atomic mass is 16.1. The summed E-state index contributed by atoms with van der Waals surface area (Å²) >= 11 is 0. The minimum Gasteiger partial charge on any atom is -0.354 e. The van der Waals surface area contributed by atoms with Crippen LogP contribution in [-0.4, -0.2) is 69.7 Å². The largest absolute Gasteiger partial charge is 0.354 e. The van der Waals surface area contributed by atoms with Gasteiger partial charge in [-0.2, -0.15) is 0 Å². The first-order valence-electron chi connectivity index (χ1n) is 9.96. The molecule has 1 aromatic rings. The summed E-state index contributed by atoms with van der Waals surface area (Å²) in [5, 5.41) is 12.0. The molecule has 0 aromatic carbocycles. The van der Waals surface area contributed by atoms with Crippen molar-refractivity contribution in [1.29, 1.82) is 0 Å². The second kappa shape index (κ2) is 6.93. The van der Waals surface area contributed by atoms with E-state index in [9.17, 15) is 4.79 Å². The van der Waals surface area contributed by atoms with Gasteiger partial charge < -0.3 is 14.8 Å². The number of amides is 1. The Hall–Kier alpha value is -1.47. The van der Waals surface area contributed by atoms with Crippen molar-refractivity contribution in [3.05, 3.63) is 11.6 Å². The number of hydrogen-bond acceptors (Lipinski definition) is 5. The van der Waals surface area contributed by atoms with Crippen molar-refractivity contribution >= 4 is 5.91 Å². The van der Waals surface area contributed by atoms with Gasteiger partial charge in [0.2, 0.25) is 5.91 Å². The van der Waals surface area contributed by atoms with Gasteiger partial charge in [-0.25, -0.2) is 0 Å². The van der Waals surface area contributed by atoms with Crippen LogP contribution in [0.4, 0.5) is 0 Å². The van der Waals surface area contributed by atoms with Crippen LogP contribution in [-0.2, 0) is 18.4 Å². The topological polar surface area (TPSA) is 66.3 Å². The van der Waals surface area contributed by atoms with Gasteiger partial charge in [-0.3, -0.25) is 9.69 Å². The summed E-state index contributed by atoms with van der Waals surface area (Å²) in [7, 11) is 6.55. The molecule has 1 N–H and O–H groups in total. The number of carbonyl (C=O) groups is 1. The Kier molecular flexibility index (Phi) is 4.77. The fourth-order valence-electron chi connectivity index (χ4n) is 5.57. The van der Waals surface area contributed by atoms with Crippen molar-refractivity contribution in [1.82, 2.24) is 29.9 Å². The Bertz CT molecular complexity index is 651. The maximum absolute atomic E-state index is 11.2. The third-order valence-electron chi connectivity index (χ3n) is 6.73. The zero-order valence-corrected chi connectivity index (χ0v) is 16.5. The van der Waals surface area contributed by atoms with Crippen LogP contribution in [0.1, 0.15) is 50.2 Å². The average molecular weight is 361 g/mol. The van der Waals surface area contributed by atoms with Gasteiger partial charge in [0.25, 0.3) is 0 Å². The summed E-state index contributed by atoms with van der Waals surface area (Å²) in [5.74, 6) is 4.22. The maximum atomic E-state index is 11.2. The van der Waals surface area contributed by atoms with Gasteiger partial charge in [-0.15, -0.1) is 10.2 Å². The summed E-state index contributed by atoms with van der Waals surface area (Å²) in [5.41, 5.74) is 0. The third-order valence-corrected chi connectivity index (χ3v) is 6.73. The second-order valence-corrected chi connectivity index (χ2v) is 8.85. The molecular weight excluding hydrogens is 328 g/mol. The van der Waals surface area contributed by atoms with E-state index in [1.54, 1.807) is 6.92 Å². The first kappa shape index (κ1) is 17.9. The monoisotopic (exact) mass is 360 g/mol. The van der Waals surface area contributed by atoms with Gasteiger partial charge in [0.05, 0.1) is 6.54 Å². The number of nitrogens with one attached hydrogen (secondary N) is 1. The molecule has 3 atom stereocenters. The van der Waals surface area contributed by atoms with Crippen molar-refractivity contribution in [3.8, 4) is 0 Å².